The monoisotopic (exact) mass is 544 g/mol. The van der Waals surface area contributed by atoms with Crippen LogP contribution in [0.3, 0.4) is 0 Å². The van der Waals surface area contributed by atoms with Crippen LogP contribution in [-0.2, 0) is 25.9 Å². The minimum atomic E-state index is -0.289. The Morgan fingerprint density at radius 2 is 1.12 bits per heavy atom. The van der Waals surface area contributed by atoms with E-state index in [1.807, 2.05) is 0 Å². The molecule has 176 valence electrons. The third kappa shape index (κ3) is 5.75. The van der Waals surface area contributed by atoms with Crippen LogP contribution in [0.15, 0.2) is 93.9 Å². The maximum absolute atomic E-state index is 2.44. The number of aryl methyl sites for hydroxylation is 3. The van der Waals surface area contributed by atoms with Gasteiger partial charge in [0.2, 0.25) is 0 Å². The first-order valence-corrected chi connectivity index (χ1v) is 12.1. The summed E-state index contributed by atoms with van der Waals surface area (Å²) in [5, 5.41) is 0. The third-order valence-corrected chi connectivity index (χ3v) is 7.30. The minimum Gasteiger partial charge on any atom is -1.00 e. The first-order chi connectivity index (χ1) is 15.0. The van der Waals surface area contributed by atoms with E-state index in [1.165, 1.54) is 37.3 Å². The van der Waals surface area contributed by atoms with E-state index in [2.05, 4.69) is 127 Å². The Hall–Kier alpha value is -1.28. The second-order valence-electron chi connectivity index (χ2n) is 8.89. The van der Waals surface area contributed by atoms with Gasteiger partial charge in [0.1, 0.15) is 0 Å². The molecular formula is C30H31Cl3Ti. The molecule has 0 amide bonds. The molecule has 1 aliphatic rings. The van der Waals surface area contributed by atoms with Crippen LogP contribution in [0, 0.1) is 20.8 Å². The maximum Gasteiger partial charge on any atom is -1.00 e. The molecule has 0 heterocycles. The van der Waals surface area contributed by atoms with Crippen LogP contribution in [-0.4, -0.2) is 0 Å². The molecule has 0 aromatic heterocycles. The van der Waals surface area contributed by atoms with Gasteiger partial charge in [-0.3, -0.25) is 0 Å². The Bertz CT molecular complexity index is 1070. The van der Waals surface area contributed by atoms with E-state index in [4.69, 9.17) is 0 Å². The number of rotatable bonds is 6. The Labute approximate surface area is 236 Å². The standard InChI is InChI=1S/C30H31.3ClH.Ti/c1-5-10-25-14-9-18-29(25)30(26-15-6-11-22(2)19-26,27-16-7-12-23(3)20-27)28-17-8-13-24(4)21-28;;;;/h6-9,11-13,15-17,19-21H,5,10,18H2,1-4H3;3*1H;/q;;;;+3/p-3. The maximum atomic E-state index is 2.44. The first-order valence-electron chi connectivity index (χ1n) is 11.3. The molecule has 0 unspecified atom stereocenters. The van der Waals surface area contributed by atoms with Crippen molar-refractivity contribution in [2.45, 2.75) is 52.4 Å². The summed E-state index contributed by atoms with van der Waals surface area (Å²) in [6.45, 7) is 8.92. The summed E-state index contributed by atoms with van der Waals surface area (Å²) in [7, 11) is 0. The largest absolute Gasteiger partial charge is 1.00 e. The van der Waals surface area contributed by atoms with Crippen molar-refractivity contribution in [2.24, 2.45) is 0 Å². The molecule has 34 heavy (non-hydrogen) atoms. The van der Waals surface area contributed by atoms with Crippen molar-refractivity contribution in [3.05, 3.63) is 127 Å². The predicted octanol–water partition coefficient (Wildman–Crippen LogP) is -1.11. The molecule has 0 bridgehead atoms. The van der Waals surface area contributed by atoms with Gasteiger partial charge in [0.25, 0.3) is 0 Å². The van der Waals surface area contributed by atoms with Crippen molar-refractivity contribution >= 4 is 0 Å². The van der Waals surface area contributed by atoms with Gasteiger partial charge in [0.15, 0.2) is 0 Å². The van der Waals surface area contributed by atoms with E-state index >= 15 is 0 Å². The molecule has 0 aliphatic heterocycles. The molecule has 4 heteroatoms. The number of allylic oxidation sites excluding steroid dienone is 4. The van der Waals surface area contributed by atoms with E-state index < -0.39 is 0 Å². The minimum absolute atomic E-state index is 0. The van der Waals surface area contributed by atoms with Gasteiger partial charge < -0.3 is 37.2 Å². The Kier molecular flexibility index (Phi) is 11.9. The molecule has 0 spiro atoms. The van der Waals surface area contributed by atoms with Crippen molar-refractivity contribution in [1.82, 2.24) is 0 Å². The summed E-state index contributed by atoms with van der Waals surface area (Å²) in [5.74, 6) is 0. The molecule has 3 aromatic carbocycles. The fourth-order valence-electron chi connectivity index (χ4n) is 5.19. The second-order valence-corrected chi connectivity index (χ2v) is 9.73. The summed E-state index contributed by atoms with van der Waals surface area (Å²) < 4.78 is 1.45. The van der Waals surface area contributed by atoms with Crippen LogP contribution < -0.4 is 37.2 Å². The smallest absolute Gasteiger partial charge is 1.00 e. The van der Waals surface area contributed by atoms with Gasteiger partial charge in [-0.2, -0.15) is 0 Å². The number of hydrogen-bond acceptors (Lipinski definition) is 0. The fourth-order valence-corrected chi connectivity index (χ4v) is 5.78. The van der Waals surface area contributed by atoms with Crippen molar-refractivity contribution < 1.29 is 57.7 Å². The van der Waals surface area contributed by atoms with Crippen molar-refractivity contribution in [1.29, 1.82) is 0 Å². The average Bonchev–Trinajstić information content (AvgIpc) is 3.10. The van der Waals surface area contributed by atoms with E-state index in [0.29, 0.717) is 0 Å². The van der Waals surface area contributed by atoms with Gasteiger partial charge in [-0.05, 0) is 0 Å². The second kappa shape index (κ2) is 13.1. The number of hydrogen-bond donors (Lipinski definition) is 0. The van der Waals surface area contributed by atoms with E-state index in [0.717, 1.165) is 19.3 Å². The van der Waals surface area contributed by atoms with Crippen LogP contribution in [0.2, 0.25) is 0 Å². The number of benzene rings is 3. The fraction of sp³-hybridized carbons (Fsp3) is 0.267. The Morgan fingerprint density at radius 1 is 0.706 bits per heavy atom. The third-order valence-electron chi connectivity index (χ3n) is 6.51. The van der Waals surface area contributed by atoms with Crippen LogP contribution in [0.4, 0.5) is 0 Å². The van der Waals surface area contributed by atoms with Gasteiger partial charge in [-0.1, -0.05) is 0 Å². The molecule has 0 saturated heterocycles. The zero-order valence-electron chi connectivity index (χ0n) is 20.3. The molecule has 0 saturated carbocycles. The zero-order chi connectivity index (χ0) is 22.0. The van der Waals surface area contributed by atoms with Gasteiger partial charge in [0.05, 0.1) is 0 Å². The molecule has 3 aromatic rings. The van der Waals surface area contributed by atoms with Crippen molar-refractivity contribution in [3.63, 3.8) is 0 Å². The van der Waals surface area contributed by atoms with E-state index in [-0.39, 0.29) is 42.6 Å². The van der Waals surface area contributed by atoms with Crippen molar-refractivity contribution in [3.8, 4) is 0 Å². The average molecular weight is 546 g/mol. The normalized spacial score (nSPS) is 12.9. The zero-order valence-corrected chi connectivity index (χ0v) is 24.1. The first kappa shape index (κ1) is 30.8. The van der Waals surface area contributed by atoms with Gasteiger partial charge in [-0.25, -0.2) is 0 Å². The van der Waals surface area contributed by atoms with Crippen LogP contribution >= 0.6 is 0 Å². The van der Waals surface area contributed by atoms with Crippen LogP contribution in [0.5, 0.6) is 0 Å². The van der Waals surface area contributed by atoms with Gasteiger partial charge >= 0.3 is 200 Å². The molecular weight excluding hydrogens is 515 g/mol. The SMILES string of the molecule is CCCC1=C(C(c2cccc(C)c2)(c2cccc(C)c2)c2cccc(C)c2)CC=[C]1[Ti+3].[Cl-].[Cl-].[Cl-]. The molecule has 0 fully saturated rings. The van der Waals surface area contributed by atoms with E-state index in [9.17, 15) is 0 Å². The predicted molar refractivity (Wildman–Crippen MR) is 128 cm³/mol. The summed E-state index contributed by atoms with van der Waals surface area (Å²) in [4.78, 5) is 0. The molecule has 4 rings (SSSR count). The Morgan fingerprint density at radius 3 is 1.47 bits per heavy atom. The summed E-state index contributed by atoms with van der Waals surface area (Å²) in [6.07, 6.45) is 5.74. The number of halogens is 3. The summed E-state index contributed by atoms with van der Waals surface area (Å²) in [5.41, 5.74) is 10.8. The van der Waals surface area contributed by atoms with Crippen LogP contribution in [0.25, 0.3) is 0 Å². The molecule has 0 N–H and O–H groups in total. The summed E-state index contributed by atoms with van der Waals surface area (Å²) >= 11 is 2.30. The van der Waals surface area contributed by atoms with Crippen LogP contribution in [0.1, 0.15) is 59.6 Å². The van der Waals surface area contributed by atoms with Gasteiger partial charge in [-0.15, -0.1) is 0 Å². The molecule has 0 radical (unpaired) electrons. The summed E-state index contributed by atoms with van der Waals surface area (Å²) in [6, 6.07) is 27.5. The molecule has 1 aliphatic carbocycles. The van der Waals surface area contributed by atoms with E-state index in [1.54, 1.807) is 11.1 Å². The topological polar surface area (TPSA) is 0 Å². The van der Waals surface area contributed by atoms with Crippen molar-refractivity contribution in [2.75, 3.05) is 0 Å². The molecule has 0 nitrogen and oxygen atoms in total. The quantitative estimate of drug-likeness (QED) is 0.272. The molecule has 0 atom stereocenters. The Balaban J connectivity index is 0.00000193. The van der Waals surface area contributed by atoms with Gasteiger partial charge in [0, 0.05) is 0 Å².